The minimum Gasteiger partial charge on any atom is -0.328 e. The third kappa shape index (κ3) is 3.44. The summed E-state index contributed by atoms with van der Waals surface area (Å²) >= 11 is 12.3. The van der Waals surface area contributed by atoms with Crippen LogP contribution in [0.15, 0.2) is 60.9 Å². The quantitative estimate of drug-likeness (QED) is 0.399. The molecule has 5 nitrogen and oxygen atoms in total. The van der Waals surface area contributed by atoms with E-state index in [1.54, 1.807) is 23.1 Å². The highest BCUT2D eigenvalue weighted by Crippen LogP contribution is 2.33. The predicted molar refractivity (Wildman–Crippen MR) is 122 cm³/mol. The molecular weight excluding hydrogens is 431 g/mol. The number of fused-ring (bicyclic) bond motifs is 1. The predicted octanol–water partition coefficient (Wildman–Crippen LogP) is 5.74. The SMILES string of the molecule is Cc1ccc(-n2nc3c(c2-n2cccc2)CN(C(=O)c2ccc(Cl)cc2Cl)C3)cc1C. The summed E-state index contributed by atoms with van der Waals surface area (Å²) in [5.74, 6) is 0.816. The highest BCUT2D eigenvalue weighted by Gasteiger charge is 2.32. The van der Waals surface area contributed by atoms with Gasteiger partial charge in [0.25, 0.3) is 5.91 Å². The van der Waals surface area contributed by atoms with Gasteiger partial charge in [0.1, 0.15) is 5.82 Å². The van der Waals surface area contributed by atoms with E-state index in [4.69, 9.17) is 28.3 Å². The molecular formula is C24H20Cl2N4O. The number of hydrogen-bond donors (Lipinski definition) is 0. The maximum atomic E-state index is 13.1. The van der Waals surface area contributed by atoms with Crippen molar-refractivity contribution in [3.8, 4) is 11.5 Å². The van der Waals surface area contributed by atoms with Gasteiger partial charge in [0.05, 0.1) is 35.1 Å². The van der Waals surface area contributed by atoms with Gasteiger partial charge in [-0.25, -0.2) is 4.68 Å². The molecule has 2 aromatic heterocycles. The Hall–Kier alpha value is -3.02. The van der Waals surface area contributed by atoms with Crippen LogP contribution in [0.3, 0.4) is 0 Å². The normalized spacial score (nSPS) is 13.0. The first-order valence-electron chi connectivity index (χ1n) is 9.98. The Kier molecular flexibility index (Phi) is 4.88. The fraction of sp³-hybridized carbons (Fsp3) is 0.167. The average molecular weight is 451 g/mol. The van der Waals surface area contributed by atoms with Crippen LogP contribution in [-0.2, 0) is 13.1 Å². The number of rotatable bonds is 3. The minimum absolute atomic E-state index is 0.129. The highest BCUT2D eigenvalue weighted by atomic mass is 35.5. The van der Waals surface area contributed by atoms with Gasteiger partial charge in [-0.3, -0.25) is 4.79 Å². The van der Waals surface area contributed by atoms with Crippen LogP contribution < -0.4 is 0 Å². The van der Waals surface area contributed by atoms with E-state index in [9.17, 15) is 4.79 Å². The molecule has 2 aromatic carbocycles. The molecule has 0 atom stereocenters. The van der Waals surface area contributed by atoms with Crippen LogP contribution in [-0.4, -0.2) is 25.2 Å². The molecule has 1 amide bonds. The van der Waals surface area contributed by atoms with Crippen molar-refractivity contribution in [2.24, 2.45) is 0 Å². The zero-order valence-electron chi connectivity index (χ0n) is 17.1. The van der Waals surface area contributed by atoms with Crippen LogP contribution in [0, 0.1) is 13.8 Å². The summed E-state index contributed by atoms with van der Waals surface area (Å²) in [6.45, 7) is 5.09. The van der Waals surface area contributed by atoms with E-state index < -0.39 is 0 Å². The lowest BCUT2D eigenvalue weighted by molar-refractivity contribution is 0.0749. The van der Waals surface area contributed by atoms with E-state index in [-0.39, 0.29) is 5.91 Å². The van der Waals surface area contributed by atoms with Gasteiger partial charge in [-0.15, -0.1) is 0 Å². The van der Waals surface area contributed by atoms with Gasteiger partial charge in [-0.05, 0) is 67.4 Å². The number of amides is 1. The van der Waals surface area contributed by atoms with Crippen molar-refractivity contribution in [3.63, 3.8) is 0 Å². The van der Waals surface area contributed by atoms with Crippen molar-refractivity contribution >= 4 is 29.1 Å². The number of aryl methyl sites for hydroxylation is 2. The second kappa shape index (κ2) is 7.59. The Bertz CT molecular complexity index is 1310. The summed E-state index contributed by atoms with van der Waals surface area (Å²) in [5.41, 5.74) is 5.82. The van der Waals surface area contributed by atoms with Crippen molar-refractivity contribution in [2.45, 2.75) is 26.9 Å². The van der Waals surface area contributed by atoms with Crippen LogP contribution >= 0.6 is 23.2 Å². The molecule has 7 heteroatoms. The van der Waals surface area contributed by atoms with Crippen molar-refractivity contribution in [2.75, 3.05) is 0 Å². The Balaban J connectivity index is 1.55. The summed E-state index contributed by atoms with van der Waals surface area (Å²) in [5, 5.41) is 5.76. The van der Waals surface area contributed by atoms with Crippen molar-refractivity contribution in [1.29, 1.82) is 0 Å². The van der Waals surface area contributed by atoms with Gasteiger partial charge >= 0.3 is 0 Å². The molecule has 0 N–H and O–H groups in total. The molecule has 0 saturated carbocycles. The number of nitrogens with zero attached hydrogens (tertiary/aromatic N) is 4. The number of benzene rings is 2. The van der Waals surface area contributed by atoms with Gasteiger partial charge in [0, 0.05) is 23.0 Å². The molecule has 1 aliphatic rings. The third-order valence-corrected chi connectivity index (χ3v) is 6.31. The zero-order valence-corrected chi connectivity index (χ0v) is 18.7. The fourth-order valence-electron chi connectivity index (χ4n) is 3.96. The topological polar surface area (TPSA) is 43.1 Å². The lowest BCUT2D eigenvalue weighted by atomic mass is 10.1. The van der Waals surface area contributed by atoms with Gasteiger partial charge in [-0.1, -0.05) is 29.3 Å². The lowest BCUT2D eigenvalue weighted by Crippen LogP contribution is -2.26. The first kappa shape index (κ1) is 19.9. The standard InChI is InChI=1S/C24H20Cl2N4O/c1-15-5-7-18(11-16(15)2)30-23(28-9-3-4-10-28)20-13-29(14-22(20)27-30)24(31)19-8-6-17(25)12-21(19)26/h3-12H,13-14H2,1-2H3. The van der Waals surface area contributed by atoms with Crippen LogP contribution in [0.25, 0.3) is 11.5 Å². The van der Waals surface area contributed by atoms with Crippen molar-refractivity contribution < 1.29 is 4.79 Å². The molecule has 0 unspecified atom stereocenters. The molecule has 31 heavy (non-hydrogen) atoms. The summed E-state index contributed by atoms with van der Waals surface area (Å²) in [6, 6.07) is 15.2. The van der Waals surface area contributed by atoms with E-state index in [1.807, 2.05) is 33.8 Å². The molecule has 0 fully saturated rings. The van der Waals surface area contributed by atoms with E-state index in [2.05, 4.69) is 32.0 Å². The number of halogens is 2. The van der Waals surface area contributed by atoms with Crippen LogP contribution in [0.4, 0.5) is 0 Å². The van der Waals surface area contributed by atoms with E-state index in [0.29, 0.717) is 28.7 Å². The Labute approximate surface area is 190 Å². The molecule has 3 heterocycles. The summed E-state index contributed by atoms with van der Waals surface area (Å²) in [4.78, 5) is 14.9. The van der Waals surface area contributed by atoms with Gasteiger partial charge in [0.15, 0.2) is 0 Å². The number of aromatic nitrogens is 3. The number of carbonyl (C=O) groups excluding carboxylic acids is 1. The molecule has 156 valence electrons. The van der Waals surface area contributed by atoms with Crippen LogP contribution in [0.1, 0.15) is 32.7 Å². The molecule has 1 aliphatic heterocycles. The van der Waals surface area contributed by atoms with E-state index in [1.165, 1.54) is 11.1 Å². The van der Waals surface area contributed by atoms with Crippen LogP contribution in [0.5, 0.6) is 0 Å². The fourth-order valence-corrected chi connectivity index (χ4v) is 4.45. The van der Waals surface area contributed by atoms with E-state index in [0.717, 1.165) is 22.8 Å². The lowest BCUT2D eigenvalue weighted by Gasteiger charge is -2.18. The summed E-state index contributed by atoms with van der Waals surface area (Å²) < 4.78 is 4.01. The summed E-state index contributed by atoms with van der Waals surface area (Å²) in [7, 11) is 0. The smallest absolute Gasteiger partial charge is 0.256 e. The third-order valence-electron chi connectivity index (χ3n) is 5.76. The van der Waals surface area contributed by atoms with Crippen molar-refractivity contribution in [1.82, 2.24) is 19.2 Å². The van der Waals surface area contributed by atoms with Crippen molar-refractivity contribution in [3.05, 3.63) is 98.9 Å². The zero-order chi connectivity index (χ0) is 21.7. The monoisotopic (exact) mass is 450 g/mol. The maximum Gasteiger partial charge on any atom is 0.256 e. The van der Waals surface area contributed by atoms with Gasteiger partial charge in [-0.2, -0.15) is 5.10 Å². The number of carbonyl (C=O) groups is 1. The average Bonchev–Trinajstić information content (AvgIpc) is 3.45. The molecule has 0 radical (unpaired) electrons. The molecule has 4 aromatic rings. The Morgan fingerprint density at radius 2 is 1.74 bits per heavy atom. The van der Waals surface area contributed by atoms with Gasteiger partial charge in [0.2, 0.25) is 0 Å². The Morgan fingerprint density at radius 1 is 0.968 bits per heavy atom. The number of hydrogen-bond acceptors (Lipinski definition) is 2. The second-order valence-electron chi connectivity index (χ2n) is 7.80. The summed E-state index contributed by atoms with van der Waals surface area (Å²) in [6.07, 6.45) is 3.99. The largest absolute Gasteiger partial charge is 0.328 e. The van der Waals surface area contributed by atoms with Gasteiger partial charge < -0.3 is 9.47 Å². The molecule has 0 aliphatic carbocycles. The highest BCUT2D eigenvalue weighted by molar-refractivity contribution is 6.36. The van der Waals surface area contributed by atoms with E-state index >= 15 is 0 Å². The molecule has 0 saturated heterocycles. The maximum absolute atomic E-state index is 13.1. The Morgan fingerprint density at radius 3 is 2.45 bits per heavy atom. The molecule has 0 bridgehead atoms. The first-order chi connectivity index (χ1) is 14.9. The second-order valence-corrected chi connectivity index (χ2v) is 8.65. The first-order valence-corrected chi connectivity index (χ1v) is 10.7. The molecule has 0 spiro atoms. The minimum atomic E-state index is -0.129. The molecule has 5 rings (SSSR count). The van der Waals surface area contributed by atoms with Crippen LogP contribution in [0.2, 0.25) is 10.0 Å².